The molecule has 0 spiro atoms. The van der Waals surface area contributed by atoms with E-state index >= 15 is 0 Å². The van der Waals surface area contributed by atoms with Crippen LogP contribution in [0.15, 0.2) is 57.2 Å². The summed E-state index contributed by atoms with van der Waals surface area (Å²) < 4.78 is 27.1. The molecule has 3 rings (SSSR count). The summed E-state index contributed by atoms with van der Waals surface area (Å²) in [5, 5.41) is 11.5. The highest BCUT2D eigenvalue weighted by atomic mass is 32.2. The summed E-state index contributed by atoms with van der Waals surface area (Å²) in [4.78, 5) is 13.6. The third-order valence-corrected chi connectivity index (χ3v) is 7.56. The van der Waals surface area contributed by atoms with Gasteiger partial charge in [0.2, 0.25) is 10.0 Å². The summed E-state index contributed by atoms with van der Waals surface area (Å²) in [6.45, 7) is 4.26. The van der Waals surface area contributed by atoms with Crippen LogP contribution in [0, 0.1) is 17.0 Å². The molecule has 0 bridgehead atoms. The van der Waals surface area contributed by atoms with E-state index in [2.05, 4.69) is 0 Å². The molecule has 0 radical (unpaired) electrons. The Balaban J connectivity index is 1.91. The number of aryl methyl sites for hydroxylation is 1. The second kappa shape index (κ2) is 7.97. The number of rotatable bonds is 5. The Hall–Kier alpha value is -1.94. The summed E-state index contributed by atoms with van der Waals surface area (Å²) in [5.41, 5.74) is 0.908. The summed E-state index contributed by atoms with van der Waals surface area (Å²) in [6, 6.07) is 11.8. The van der Waals surface area contributed by atoms with Crippen molar-refractivity contribution in [3.63, 3.8) is 0 Å². The predicted molar refractivity (Wildman–Crippen MR) is 104 cm³/mol. The molecule has 1 aliphatic rings. The molecule has 1 aliphatic heterocycles. The molecular formula is C18H22N3O4S2+. The molecule has 0 atom stereocenters. The highest BCUT2D eigenvalue weighted by molar-refractivity contribution is 7.99. The third-order valence-electron chi connectivity index (χ3n) is 4.59. The Bertz CT molecular complexity index is 938. The topological polar surface area (TPSA) is 85.0 Å². The average molecular weight is 409 g/mol. The van der Waals surface area contributed by atoms with Crippen LogP contribution in [0.3, 0.4) is 0 Å². The highest BCUT2D eigenvalue weighted by Crippen LogP contribution is 2.36. The number of nitrogens with zero attached hydrogens (tertiary/aromatic N) is 2. The maximum atomic E-state index is 12.9. The number of likely N-dealkylation sites (N-methyl/N-ethyl adjacent to an activating group) is 1. The molecule has 0 aliphatic carbocycles. The van der Waals surface area contributed by atoms with E-state index in [0.717, 1.165) is 23.5 Å². The highest BCUT2D eigenvalue weighted by Gasteiger charge is 2.31. The molecule has 0 unspecified atom stereocenters. The number of hydrogen-bond acceptors (Lipinski definition) is 5. The van der Waals surface area contributed by atoms with E-state index in [1.807, 2.05) is 38.2 Å². The van der Waals surface area contributed by atoms with E-state index in [4.69, 9.17) is 0 Å². The Morgan fingerprint density at radius 3 is 2.33 bits per heavy atom. The van der Waals surface area contributed by atoms with Crippen LogP contribution < -0.4 is 4.90 Å². The van der Waals surface area contributed by atoms with E-state index in [1.165, 1.54) is 39.2 Å². The Labute approximate surface area is 163 Å². The van der Waals surface area contributed by atoms with E-state index in [0.29, 0.717) is 18.0 Å². The molecule has 0 saturated carbocycles. The lowest BCUT2D eigenvalue weighted by molar-refractivity contribution is -0.883. The van der Waals surface area contributed by atoms with Crippen molar-refractivity contribution in [2.24, 2.45) is 0 Å². The van der Waals surface area contributed by atoms with Crippen LogP contribution in [0.1, 0.15) is 5.56 Å². The third kappa shape index (κ3) is 4.49. The van der Waals surface area contributed by atoms with Crippen LogP contribution in [0.2, 0.25) is 0 Å². The van der Waals surface area contributed by atoms with E-state index < -0.39 is 14.9 Å². The van der Waals surface area contributed by atoms with Crippen LogP contribution in [-0.4, -0.2) is 50.9 Å². The van der Waals surface area contributed by atoms with Gasteiger partial charge in [-0.3, -0.25) is 10.1 Å². The van der Waals surface area contributed by atoms with Gasteiger partial charge in [-0.1, -0.05) is 29.5 Å². The van der Waals surface area contributed by atoms with Crippen LogP contribution in [0.5, 0.6) is 0 Å². The van der Waals surface area contributed by atoms with Gasteiger partial charge in [0.25, 0.3) is 5.69 Å². The first-order chi connectivity index (χ1) is 12.8. The normalized spacial score (nSPS) is 16.4. The van der Waals surface area contributed by atoms with Gasteiger partial charge in [-0.15, -0.1) is 0 Å². The first-order valence-corrected chi connectivity index (χ1v) is 10.9. The summed E-state index contributed by atoms with van der Waals surface area (Å²) in [7, 11) is -1.71. The largest absolute Gasteiger partial charge is 0.335 e. The summed E-state index contributed by atoms with van der Waals surface area (Å²) in [6.07, 6.45) is 0. The van der Waals surface area contributed by atoms with E-state index in [-0.39, 0.29) is 10.6 Å². The SMILES string of the molecule is Cc1ccc(Sc2ccc(S(=O)(=O)N3CC[NH+](C)CC3)cc2[N+](=O)[O-])cc1. The van der Waals surface area contributed by atoms with Crippen molar-refractivity contribution < 1.29 is 18.2 Å². The number of benzene rings is 2. The first kappa shape index (κ1) is 19.8. The number of hydrogen-bond donors (Lipinski definition) is 1. The monoisotopic (exact) mass is 408 g/mol. The standard InChI is InChI=1S/C18H21N3O4S2/c1-14-3-5-15(6-4-14)26-18-8-7-16(13-17(18)21(22)23)27(24,25)20-11-9-19(2)10-12-20/h3-8,13H,9-12H2,1-2H3/p+1. The zero-order valence-corrected chi connectivity index (χ0v) is 16.8. The van der Waals surface area contributed by atoms with Crippen LogP contribution >= 0.6 is 11.8 Å². The lowest BCUT2D eigenvalue weighted by Gasteiger charge is -2.29. The Morgan fingerprint density at radius 1 is 1.11 bits per heavy atom. The fraction of sp³-hybridized carbons (Fsp3) is 0.333. The molecular weight excluding hydrogens is 386 g/mol. The van der Waals surface area contributed by atoms with Crippen molar-refractivity contribution in [2.45, 2.75) is 21.6 Å². The second-order valence-electron chi connectivity index (χ2n) is 6.66. The van der Waals surface area contributed by atoms with Crippen molar-refractivity contribution in [1.29, 1.82) is 0 Å². The fourth-order valence-corrected chi connectivity index (χ4v) is 5.24. The van der Waals surface area contributed by atoms with Crippen LogP contribution in [0.4, 0.5) is 5.69 Å². The van der Waals surface area contributed by atoms with Crippen molar-refractivity contribution in [2.75, 3.05) is 33.2 Å². The molecule has 0 aromatic heterocycles. The molecule has 7 nitrogen and oxygen atoms in total. The van der Waals surface area contributed by atoms with Crippen molar-refractivity contribution in [1.82, 2.24) is 4.31 Å². The average Bonchev–Trinajstić information content (AvgIpc) is 2.64. The van der Waals surface area contributed by atoms with Gasteiger partial charge >= 0.3 is 0 Å². The van der Waals surface area contributed by atoms with E-state index in [1.54, 1.807) is 0 Å². The number of piperazine rings is 1. The van der Waals surface area contributed by atoms with Crippen molar-refractivity contribution in [3.8, 4) is 0 Å². The molecule has 2 aromatic carbocycles. The van der Waals surface area contributed by atoms with E-state index in [9.17, 15) is 18.5 Å². The number of nitro groups is 1. The first-order valence-electron chi connectivity index (χ1n) is 8.62. The molecule has 1 N–H and O–H groups in total. The summed E-state index contributed by atoms with van der Waals surface area (Å²) >= 11 is 1.25. The molecule has 1 fully saturated rings. The predicted octanol–water partition coefficient (Wildman–Crippen LogP) is 1.57. The number of nitrogens with one attached hydrogen (secondary N) is 1. The molecule has 1 saturated heterocycles. The molecule has 2 aromatic rings. The second-order valence-corrected chi connectivity index (χ2v) is 9.72. The molecule has 144 valence electrons. The quantitative estimate of drug-likeness (QED) is 0.600. The smallest absolute Gasteiger partial charge is 0.284 e. The van der Waals surface area contributed by atoms with Gasteiger partial charge in [-0.05, 0) is 31.2 Å². The van der Waals surface area contributed by atoms with Gasteiger partial charge in [0.1, 0.15) is 0 Å². The maximum Gasteiger partial charge on any atom is 0.284 e. The number of quaternary nitrogens is 1. The van der Waals surface area contributed by atoms with Gasteiger partial charge in [-0.2, -0.15) is 4.31 Å². The van der Waals surface area contributed by atoms with Crippen LogP contribution in [-0.2, 0) is 10.0 Å². The Kier molecular flexibility index (Phi) is 5.85. The minimum absolute atomic E-state index is 0.0259. The zero-order valence-electron chi connectivity index (χ0n) is 15.2. The number of sulfonamides is 1. The minimum atomic E-state index is -3.73. The van der Waals surface area contributed by atoms with Gasteiger partial charge in [0.15, 0.2) is 0 Å². The van der Waals surface area contributed by atoms with Crippen molar-refractivity contribution >= 4 is 27.5 Å². The molecule has 27 heavy (non-hydrogen) atoms. The van der Waals surface area contributed by atoms with Gasteiger partial charge in [0.05, 0.1) is 47.9 Å². The minimum Gasteiger partial charge on any atom is -0.335 e. The molecule has 9 heteroatoms. The Morgan fingerprint density at radius 2 is 1.74 bits per heavy atom. The summed E-state index contributed by atoms with van der Waals surface area (Å²) in [5.74, 6) is 0. The maximum absolute atomic E-state index is 12.9. The lowest BCUT2D eigenvalue weighted by Crippen LogP contribution is -3.12. The van der Waals surface area contributed by atoms with Gasteiger partial charge in [-0.25, -0.2) is 8.42 Å². The fourth-order valence-electron chi connectivity index (χ4n) is 2.88. The molecule has 1 heterocycles. The lowest BCUT2D eigenvalue weighted by atomic mass is 10.2. The number of nitro benzene ring substituents is 1. The zero-order chi connectivity index (χ0) is 19.6. The van der Waals surface area contributed by atoms with Gasteiger partial charge in [0, 0.05) is 11.0 Å². The van der Waals surface area contributed by atoms with Gasteiger partial charge < -0.3 is 4.90 Å². The molecule has 0 amide bonds. The van der Waals surface area contributed by atoms with Crippen LogP contribution in [0.25, 0.3) is 0 Å². The van der Waals surface area contributed by atoms with Crippen molar-refractivity contribution in [3.05, 3.63) is 58.1 Å².